The summed E-state index contributed by atoms with van der Waals surface area (Å²) in [5.41, 5.74) is 9.96. The fraction of sp³-hybridized carbons (Fsp3) is 0.0204. The van der Waals surface area contributed by atoms with Crippen molar-refractivity contribution >= 4 is 23.1 Å². The van der Waals surface area contributed by atoms with Crippen LogP contribution in [-0.2, 0) is 5.41 Å². The summed E-state index contributed by atoms with van der Waals surface area (Å²) in [5, 5.41) is 0. The van der Waals surface area contributed by atoms with Gasteiger partial charge in [-0.15, -0.1) is 0 Å². The molecule has 7 aromatic carbocycles. The highest BCUT2D eigenvalue weighted by Gasteiger charge is 2.51. The van der Waals surface area contributed by atoms with Crippen LogP contribution in [0.4, 0.5) is 17.1 Å². The normalized spacial score (nSPS) is 13.4. The Bertz CT molecular complexity index is 2450. The summed E-state index contributed by atoms with van der Waals surface area (Å²) in [6, 6.07) is 59.7. The molecule has 0 N–H and O–H groups in total. The number of fused-ring (bicyclic) bond motifs is 8. The van der Waals surface area contributed by atoms with E-state index >= 15 is 0 Å². The second-order valence-electron chi connectivity index (χ2n) is 12.9. The van der Waals surface area contributed by atoms with Crippen molar-refractivity contribution < 1.29 is 9.47 Å². The molecule has 2 aliphatic rings. The lowest BCUT2D eigenvalue weighted by atomic mass is 9.62. The molecule has 0 amide bonds. The number of nitrogens with zero attached hydrogens (tertiary/aromatic N) is 1. The van der Waals surface area contributed by atoms with Crippen molar-refractivity contribution in [2.24, 2.45) is 0 Å². The van der Waals surface area contributed by atoms with Crippen LogP contribution in [0.3, 0.4) is 0 Å². The zero-order valence-electron chi connectivity index (χ0n) is 28.5. The Morgan fingerprint density at radius 1 is 0.462 bits per heavy atom. The van der Waals surface area contributed by atoms with E-state index in [0.717, 1.165) is 79.0 Å². The summed E-state index contributed by atoms with van der Waals surface area (Å²) >= 11 is 0. The lowest BCUT2D eigenvalue weighted by Crippen LogP contribution is -2.37. The van der Waals surface area contributed by atoms with Crippen molar-refractivity contribution in [3.8, 4) is 34.1 Å². The van der Waals surface area contributed by atoms with Gasteiger partial charge < -0.3 is 14.4 Å². The smallest absolute Gasteiger partial charge is 0.156 e. The molecule has 52 heavy (non-hydrogen) atoms. The van der Waals surface area contributed by atoms with Gasteiger partial charge in [-0.25, -0.2) is 0 Å². The summed E-state index contributed by atoms with van der Waals surface area (Å²) < 4.78 is 13.7. The van der Waals surface area contributed by atoms with Gasteiger partial charge >= 0.3 is 0 Å². The second kappa shape index (κ2) is 13.1. The summed E-state index contributed by atoms with van der Waals surface area (Å²) in [6.07, 6.45) is 9.84. The maximum Gasteiger partial charge on any atom is 0.156 e. The third-order valence-corrected chi connectivity index (χ3v) is 9.93. The molecule has 2 aliphatic heterocycles. The number of ether oxygens (including phenoxy) is 2. The van der Waals surface area contributed by atoms with E-state index in [0.29, 0.717) is 0 Å². The topological polar surface area (TPSA) is 21.7 Å². The third-order valence-electron chi connectivity index (χ3n) is 9.93. The number of hydrogen-bond acceptors (Lipinski definition) is 3. The number of anilines is 3. The van der Waals surface area contributed by atoms with E-state index in [9.17, 15) is 0 Å². The Kier molecular flexibility index (Phi) is 7.87. The first-order valence-corrected chi connectivity index (χ1v) is 17.5. The molecule has 0 aliphatic carbocycles. The van der Waals surface area contributed by atoms with Gasteiger partial charge in [0.05, 0.1) is 11.1 Å². The number of rotatable bonds is 7. The first kappa shape index (κ1) is 31.2. The van der Waals surface area contributed by atoms with Gasteiger partial charge in [0.2, 0.25) is 0 Å². The summed E-state index contributed by atoms with van der Waals surface area (Å²) in [6.45, 7) is 3.80. The molecule has 3 heteroatoms. The van der Waals surface area contributed by atoms with Crippen molar-refractivity contribution in [3.63, 3.8) is 0 Å². The molecule has 0 radical (unpaired) electrons. The summed E-state index contributed by atoms with van der Waals surface area (Å²) in [7, 11) is 0. The predicted molar refractivity (Wildman–Crippen MR) is 213 cm³/mol. The van der Waals surface area contributed by atoms with Crippen LogP contribution in [0.25, 0.3) is 17.2 Å². The fourth-order valence-electron chi connectivity index (χ4n) is 7.76. The molecule has 0 unspecified atom stereocenters. The van der Waals surface area contributed by atoms with Gasteiger partial charge in [0.15, 0.2) is 5.75 Å². The molecule has 0 atom stereocenters. The minimum Gasteiger partial charge on any atom is -0.457 e. The first-order valence-electron chi connectivity index (χ1n) is 17.5. The van der Waals surface area contributed by atoms with Crippen molar-refractivity contribution in [1.29, 1.82) is 0 Å². The molecule has 9 rings (SSSR count). The highest BCUT2D eigenvalue weighted by Crippen LogP contribution is 2.63. The van der Waals surface area contributed by atoms with Crippen LogP contribution in [0.5, 0.6) is 23.0 Å². The van der Waals surface area contributed by atoms with Crippen LogP contribution in [-0.4, -0.2) is 0 Å². The van der Waals surface area contributed by atoms with Gasteiger partial charge in [0.1, 0.15) is 17.2 Å². The number of hydrogen-bond donors (Lipinski definition) is 0. The lowest BCUT2D eigenvalue weighted by molar-refractivity contribution is 0.400. The average molecular weight is 670 g/mol. The van der Waals surface area contributed by atoms with Crippen molar-refractivity contribution in [2.45, 2.75) is 5.41 Å². The number of allylic oxidation sites excluding steroid dienone is 4. The molecule has 1 spiro atoms. The van der Waals surface area contributed by atoms with Crippen LogP contribution in [0.2, 0.25) is 0 Å². The van der Waals surface area contributed by atoms with Gasteiger partial charge in [-0.2, -0.15) is 0 Å². The molecule has 0 fully saturated rings. The minimum absolute atomic E-state index is 0.689. The highest BCUT2D eigenvalue weighted by atomic mass is 16.5. The van der Waals surface area contributed by atoms with Gasteiger partial charge in [0, 0.05) is 33.6 Å². The first-order chi connectivity index (χ1) is 25.8. The van der Waals surface area contributed by atoms with Crippen LogP contribution >= 0.6 is 0 Å². The summed E-state index contributed by atoms with van der Waals surface area (Å²) in [5.74, 6) is 3.30. The zero-order chi connectivity index (χ0) is 34.9. The quantitative estimate of drug-likeness (QED) is 0.158. The van der Waals surface area contributed by atoms with Gasteiger partial charge in [0.25, 0.3) is 0 Å². The predicted octanol–water partition coefficient (Wildman–Crippen LogP) is 13.2. The van der Waals surface area contributed by atoms with Gasteiger partial charge in [-0.05, 0) is 65.2 Å². The number of benzene rings is 7. The standard InChI is InChI=1S/C49H35NO2/c1-2-3-4-6-18-35-19-15-23-38(33-35)50(39-24-16-22-37(34-39)36-20-7-5-8-21-36)44-29-17-28-43-48(44)52-47-32-14-11-27-42(47)49(43)40-25-9-12-30-45(40)51-46-31-13-10-26-41(46)49/h2-34H,1H2/b4-3-,18-6+. The van der Waals surface area contributed by atoms with Gasteiger partial charge in [-0.1, -0.05) is 158 Å². The Hall–Kier alpha value is -6.84. The molecule has 2 heterocycles. The molecule has 0 saturated carbocycles. The third kappa shape index (κ3) is 5.14. The van der Waals surface area contributed by atoms with E-state index in [1.165, 1.54) is 0 Å². The Morgan fingerprint density at radius 3 is 1.71 bits per heavy atom. The molecule has 3 nitrogen and oxygen atoms in total. The van der Waals surface area contributed by atoms with Crippen molar-refractivity contribution in [2.75, 3.05) is 4.90 Å². The van der Waals surface area contributed by atoms with E-state index in [-0.39, 0.29) is 0 Å². The molecule has 7 aromatic rings. The van der Waals surface area contributed by atoms with Gasteiger partial charge in [-0.3, -0.25) is 0 Å². The highest BCUT2D eigenvalue weighted by molar-refractivity contribution is 5.87. The van der Waals surface area contributed by atoms with E-state index in [1.807, 2.05) is 30.4 Å². The molecular formula is C49H35NO2. The second-order valence-corrected chi connectivity index (χ2v) is 12.9. The van der Waals surface area contributed by atoms with E-state index < -0.39 is 5.41 Å². The van der Waals surface area contributed by atoms with E-state index in [2.05, 4.69) is 175 Å². The average Bonchev–Trinajstić information content (AvgIpc) is 3.20. The molecule has 0 aromatic heterocycles. The van der Waals surface area contributed by atoms with Crippen LogP contribution in [0.15, 0.2) is 201 Å². The molecule has 248 valence electrons. The molecular weight excluding hydrogens is 635 g/mol. The maximum atomic E-state index is 7.11. The van der Waals surface area contributed by atoms with Crippen LogP contribution in [0, 0.1) is 0 Å². The molecule has 0 bridgehead atoms. The maximum absolute atomic E-state index is 7.11. The lowest BCUT2D eigenvalue weighted by Gasteiger charge is -2.45. The summed E-state index contributed by atoms with van der Waals surface area (Å²) in [4.78, 5) is 2.32. The van der Waals surface area contributed by atoms with E-state index in [4.69, 9.17) is 9.47 Å². The number of para-hydroxylation sites is 4. The monoisotopic (exact) mass is 669 g/mol. The van der Waals surface area contributed by atoms with Crippen LogP contribution in [0.1, 0.15) is 27.8 Å². The Morgan fingerprint density at radius 2 is 1.02 bits per heavy atom. The minimum atomic E-state index is -0.689. The largest absolute Gasteiger partial charge is 0.457 e. The van der Waals surface area contributed by atoms with Crippen molar-refractivity contribution in [3.05, 3.63) is 229 Å². The Labute approximate surface area is 304 Å². The van der Waals surface area contributed by atoms with Crippen LogP contribution < -0.4 is 14.4 Å². The molecule has 0 saturated heterocycles. The van der Waals surface area contributed by atoms with E-state index in [1.54, 1.807) is 6.08 Å². The fourth-order valence-corrected chi connectivity index (χ4v) is 7.76. The van der Waals surface area contributed by atoms with Crippen molar-refractivity contribution in [1.82, 2.24) is 0 Å². The Balaban J connectivity index is 1.32. The zero-order valence-corrected chi connectivity index (χ0v) is 28.5. The SMILES string of the molecule is C=C/C=C\C=C\c1cccc(N(c2cccc(-c3ccccc3)c2)c2cccc3c2Oc2ccccc2C32c3ccccc3Oc3ccccc32)c1.